The van der Waals surface area contributed by atoms with Crippen LogP contribution < -0.4 is 10.2 Å². The Morgan fingerprint density at radius 3 is 2.31 bits per heavy atom. The molecule has 0 spiro atoms. The highest BCUT2D eigenvalue weighted by atomic mass is 19.4. The summed E-state index contributed by atoms with van der Waals surface area (Å²) in [5.74, 6) is 0. The first-order chi connectivity index (χ1) is 13.8. The standard InChI is InChI=1S/C22H21F3N4/c1-28(2)17-10-8-15(9-11-17)12-16-13-26-14-19-20(16)29(18-6-4-3-5-7-18)27-21(19)22(23,24)25/h3-12,26H,13-14H2,1-2H3. The van der Waals surface area contributed by atoms with Crippen molar-refractivity contribution in [3.8, 4) is 5.69 Å². The maximum absolute atomic E-state index is 13.7. The lowest BCUT2D eigenvalue weighted by Crippen LogP contribution is -2.25. The van der Waals surface area contributed by atoms with Gasteiger partial charge in [0.2, 0.25) is 0 Å². The van der Waals surface area contributed by atoms with Crippen molar-refractivity contribution < 1.29 is 13.2 Å². The van der Waals surface area contributed by atoms with E-state index < -0.39 is 11.9 Å². The number of nitrogens with one attached hydrogen (secondary N) is 1. The van der Waals surface area contributed by atoms with Gasteiger partial charge in [-0.15, -0.1) is 0 Å². The number of halogens is 3. The number of nitrogens with zero attached hydrogens (tertiary/aromatic N) is 3. The molecule has 4 rings (SSSR count). The zero-order valence-electron chi connectivity index (χ0n) is 16.2. The smallest absolute Gasteiger partial charge is 0.378 e. The van der Waals surface area contributed by atoms with Crippen molar-refractivity contribution in [1.29, 1.82) is 0 Å². The molecule has 1 aliphatic rings. The van der Waals surface area contributed by atoms with Crippen molar-refractivity contribution in [1.82, 2.24) is 15.1 Å². The molecule has 1 N–H and O–H groups in total. The highest BCUT2D eigenvalue weighted by Gasteiger charge is 2.40. The number of rotatable bonds is 3. The number of anilines is 1. The Morgan fingerprint density at radius 1 is 1.00 bits per heavy atom. The van der Waals surface area contributed by atoms with Crippen LogP contribution in [0.3, 0.4) is 0 Å². The van der Waals surface area contributed by atoms with Gasteiger partial charge in [0.15, 0.2) is 5.69 Å². The molecule has 29 heavy (non-hydrogen) atoms. The highest BCUT2D eigenvalue weighted by Crippen LogP contribution is 2.38. The molecular weight excluding hydrogens is 377 g/mol. The van der Waals surface area contributed by atoms with Crippen molar-refractivity contribution in [3.63, 3.8) is 0 Å². The third-order valence-corrected chi connectivity index (χ3v) is 4.92. The van der Waals surface area contributed by atoms with Crippen LogP contribution in [0.1, 0.15) is 22.5 Å². The average Bonchev–Trinajstić information content (AvgIpc) is 3.10. The number of fused-ring (bicyclic) bond motifs is 1. The zero-order chi connectivity index (χ0) is 20.6. The van der Waals surface area contributed by atoms with Gasteiger partial charge in [-0.3, -0.25) is 0 Å². The first kappa shape index (κ1) is 19.3. The van der Waals surface area contributed by atoms with Crippen LogP contribution in [0, 0.1) is 0 Å². The molecule has 0 unspecified atom stereocenters. The molecule has 3 aromatic rings. The second-order valence-electron chi connectivity index (χ2n) is 7.18. The van der Waals surface area contributed by atoms with Gasteiger partial charge in [0.25, 0.3) is 0 Å². The van der Waals surface area contributed by atoms with E-state index >= 15 is 0 Å². The quantitative estimate of drug-likeness (QED) is 0.700. The summed E-state index contributed by atoms with van der Waals surface area (Å²) in [5.41, 5.74) is 3.23. The molecule has 1 aromatic heterocycles. The van der Waals surface area contributed by atoms with Crippen LogP contribution in [0.2, 0.25) is 0 Å². The largest absolute Gasteiger partial charge is 0.435 e. The summed E-state index contributed by atoms with van der Waals surface area (Å²) < 4.78 is 42.4. The van der Waals surface area contributed by atoms with Crippen molar-refractivity contribution in [2.45, 2.75) is 12.7 Å². The van der Waals surface area contributed by atoms with Gasteiger partial charge in [0.05, 0.1) is 11.4 Å². The Hall–Kier alpha value is -3.06. The number of aromatic nitrogens is 2. The monoisotopic (exact) mass is 398 g/mol. The van der Waals surface area contributed by atoms with Gasteiger partial charge < -0.3 is 10.2 Å². The third-order valence-electron chi connectivity index (χ3n) is 4.92. The molecule has 0 aliphatic carbocycles. The number of alkyl halides is 3. The van der Waals surface area contributed by atoms with Gasteiger partial charge in [-0.1, -0.05) is 30.3 Å². The Kier molecular flexibility index (Phi) is 4.92. The van der Waals surface area contributed by atoms with Crippen LogP contribution in [-0.2, 0) is 12.7 Å². The number of para-hydroxylation sites is 1. The molecule has 150 valence electrons. The molecular formula is C22H21F3N4. The molecule has 2 aromatic carbocycles. The zero-order valence-corrected chi connectivity index (χ0v) is 16.2. The summed E-state index contributed by atoms with van der Waals surface area (Å²) in [7, 11) is 3.92. The number of hydrogen-bond donors (Lipinski definition) is 1. The van der Waals surface area contributed by atoms with Crippen LogP contribution in [0.15, 0.2) is 54.6 Å². The van der Waals surface area contributed by atoms with E-state index in [2.05, 4.69) is 10.4 Å². The topological polar surface area (TPSA) is 33.1 Å². The van der Waals surface area contributed by atoms with Crippen LogP contribution in [0.25, 0.3) is 17.3 Å². The Bertz CT molecular complexity index is 1030. The summed E-state index contributed by atoms with van der Waals surface area (Å²) in [6.45, 7) is 0.603. The van der Waals surface area contributed by atoms with Gasteiger partial charge in [-0.2, -0.15) is 18.3 Å². The maximum Gasteiger partial charge on any atom is 0.435 e. The maximum atomic E-state index is 13.7. The summed E-state index contributed by atoms with van der Waals surface area (Å²) in [6.07, 6.45) is -2.59. The molecule has 4 nitrogen and oxygen atoms in total. The van der Waals surface area contributed by atoms with E-state index in [1.54, 1.807) is 24.3 Å². The summed E-state index contributed by atoms with van der Waals surface area (Å²) >= 11 is 0. The molecule has 0 radical (unpaired) electrons. The first-order valence-corrected chi connectivity index (χ1v) is 9.28. The lowest BCUT2D eigenvalue weighted by atomic mass is 9.99. The van der Waals surface area contributed by atoms with Gasteiger partial charge in [-0.25, -0.2) is 4.68 Å². The molecule has 0 fully saturated rings. The molecule has 0 saturated carbocycles. The fourth-order valence-corrected chi connectivity index (χ4v) is 3.53. The predicted molar refractivity (Wildman–Crippen MR) is 109 cm³/mol. The van der Waals surface area contributed by atoms with E-state index in [0.29, 0.717) is 17.9 Å². The average molecular weight is 398 g/mol. The molecule has 0 atom stereocenters. The third kappa shape index (κ3) is 3.78. The molecule has 1 aliphatic heterocycles. The van der Waals surface area contributed by atoms with Crippen LogP contribution in [-0.4, -0.2) is 30.4 Å². The van der Waals surface area contributed by atoms with Crippen LogP contribution in [0.5, 0.6) is 0 Å². The number of hydrogen-bond acceptors (Lipinski definition) is 3. The van der Waals surface area contributed by atoms with E-state index in [0.717, 1.165) is 16.8 Å². The van der Waals surface area contributed by atoms with Crippen LogP contribution >= 0.6 is 0 Å². The van der Waals surface area contributed by atoms with Crippen molar-refractivity contribution >= 4 is 17.3 Å². The highest BCUT2D eigenvalue weighted by molar-refractivity contribution is 5.84. The minimum Gasteiger partial charge on any atom is -0.378 e. The van der Waals surface area contributed by atoms with E-state index in [1.807, 2.05) is 55.4 Å². The van der Waals surface area contributed by atoms with Gasteiger partial charge in [0.1, 0.15) is 0 Å². The predicted octanol–water partition coefficient (Wildman–Crippen LogP) is 4.60. The second kappa shape index (κ2) is 7.40. The van der Waals surface area contributed by atoms with Gasteiger partial charge in [-0.05, 0) is 41.5 Å². The fourth-order valence-electron chi connectivity index (χ4n) is 3.53. The van der Waals surface area contributed by atoms with Crippen molar-refractivity contribution in [3.05, 3.63) is 77.1 Å². The second-order valence-corrected chi connectivity index (χ2v) is 7.18. The number of benzene rings is 2. The minimum absolute atomic E-state index is 0.133. The first-order valence-electron chi connectivity index (χ1n) is 9.28. The molecule has 0 saturated heterocycles. The van der Waals surface area contributed by atoms with E-state index in [1.165, 1.54) is 4.68 Å². The molecule has 7 heteroatoms. The summed E-state index contributed by atoms with van der Waals surface area (Å²) in [6, 6.07) is 16.8. The summed E-state index contributed by atoms with van der Waals surface area (Å²) in [4.78, 5) is 2.00. The lowest BCUT2D eigenvalue weighted by molar-refractivity contribution is -0.142. The Balaban J connectivity index is 1.86. The van der Waals surface area contributed by atoms with E-state index in [-0.39, 0.29) is 12.1 Å². The van der Waals surface area contributed by atoms with Crippen LogP contribution in [0.4, 0.5) is 18.9 Å². The lowest BCUT2D eigenvalue weighted by Gasteiger charge is -2.20. The van der Waals surface area contributed by atoms with Gasteiger partial charge in [0, 0.05) is 38.4 Å². The Labute approximate surface area is 167 Å². The molecule has 2 heterocycles. The molecule has 0 amide bonds. The van der Waals surface area contributed by atoms with Crippen molar-refractivity contribution in [2.24, 2.45) is 0 Å². The van der Waals surface area contributed by atoms with E-state index in [9.17, 15) is 13.2 Å². The van der Waals surface area contributed by atoms with E-state index in [4.69, 9.17) is 0 Å². The summed E-state index contributed by atoms with van der Waals surface area (Å²) in [5, 5.41) is 7.06. The van der Waals surface area contributed by atoms with Crippen molar-refractivity contribution in [2.75, 3.05) is 25.5 Å². The minimum atomic E-state index is -4.51. The molecule has 0 bridgehead atoms. The van der Waals surface area contributed by atoms with Gasteiger partial charge >= 0.3 is 6.18 Å². The Morgan fingerprint density at radius 2 is 1.69 bits per heavy atom. The SMILES string of the molecule is CN(C)c1ccc(C=C2CNCc3c(C(F)(F)F)nn(-c4ccccc4)c32)cc1. The fraction of sp³-hybridized carbons (Fsp3) is 0.227. The normalized spacial score (nSPS) is 15.4.